The minimum atomic E-state index is -1.08. The Balaban J connectivity index is 1.13. The zero-order valence-electron chi connectivity index (χ0n) is 38.2. The highest BCUT2D eigenvalue weighted by atomic mass is 32.1. The molecular formula is C48H59N9O7S. The normalized spacial score (nSPS) is 21.7. The highest BCUT2D eigenvalue weighted by molar-refractivity contribution is 7.10. The van der Waals surface area contributed by atoms with E-state index in [9.17, 15) is 24.0 Å². The van der Waals surface area contributed by atoms with E-state index in [1.807, 2.05) is 38.3 Å². The van der Waals surface area contributed by atoms with Gasteiger partial charge in [0.25, 0.3) is 11.8 Å². The summed E-state index contributed by atoms with van der Waals surface area (Å²) in [6.45, 7) is 11.2. The molecule has 3 aromatic heterocycles. The molecule has 0 radical (unpaired) electrons. The fourth-order valence-electron chi connectivity index (χ4n) is 9.87. The molecule has 4 aliphatic rings. The van der Waals surface area contributed by atoms with Gasteiger partial charge in [0.05, 0.1) is 46.8 Å². The second-order valence-electron chi connectivity index (χ2n) is 19.0. The summed E-state index contributed by atoms with van der Waals surface area (Å²) in [5, 5.41) is 8.08. The third-order valence-corrected chi connectivity index (χ3v) is 14.2. The fourth-order valence-corrected chi connectivity index (χ4v) is 10.7. The molecule has 4 aliphatic heterocycles. The topological polar surface area (TPSA) is 194 Å². The first-order valence-electron chi connectivity index (χ1n) is 22.4. The molecule has 0 aliphatic carbocycles. The number of thiazole rings is 1. The Morgan fingerprint density at radius 3 is 2.66 bits per heavy atom. The minimum Gasteiger partial charge on any atom is -0.464 e. The number of methoxy groups -OCH3 is 1. The predicted octanol–water partition coefficient (Wildman–Crippen LogP) is 3.77. The van der Waals surface area contributed by atoms with E-state index in [1.165, 1.54) is 21.2 Å². The number of carbonyl (C=O) groups is 5. The van der Waals surface area contributed by atoms with Crippen molar-refractivity contribution in [1.82, 2.24) is 40.1 Å². The molecule has 1 spiro atoms. The van der Waals surface area contributed by atoms with Crippen LogP contribution in [0.4, 0.5) is 0 Å². The third-order valence-electron chi connectivity index (χ3n) is 13.3. The first-order valence-corrected chi connectivity index (χ1v) is 23.3. The van der Waals surface area contributed by atoms with Crippen molar-refractivity contribution in [2.24, 2.45) is 29.5 Å². The van der Waals surface area contributed by atoms with E-state index >= 15 is 0 Å². The smallest absolute Gasteiger partial charge is 0.324 e. The van der Waals surface area contributed by atoms with Crippen LogP contribution in [0.15, 0.2) is 41.9 Å². The van der Waals surface area contributed by atoms with E-state index in [0.717, 1.165) is 44.7 Å². The van der Waals surface area contributed by atoms with E-state index in [0.29, 0.717) is 43.8 Å². The van der Waals surface area contributed by atoms with Gasteiger partial charge in [0.1, 0.15) is 18.1 Å². The Morgan fingerprint density at radius 2 is 1.92 bits per heavy atom. The number of hydrogen-bond donors (Lipinski definition) is 3. The monoisotopic (exact) mass is 905 g/mol. The lowest BCUT2D eigenvalue weighted by Crippen LogP contribution is -2.64. The molecule has 1 aromatic carbocycles. The number of rotatable bonds is 7. The number of cyclic esters (lactones) is 1. The first-order chi connectivity index (χ1) is 31.0. The molecule has 6 bridgehead atoms. The molecule has 0 saturated carbocycles. The Kier molecular flexibility index (Phi) is 12.9. The van der Waals surface area contributed by atoms with Gasteiger partial charge in [0.15, 0.2) is 0 Å². The highest BCUT2D eigenvalue weighted by Gasteiger charge is 2.58. The lowest BCUT2D eigenvalue weighted by Gasteiger charge is -2.46. The number of pyridine rings is 1. The molecule has 8 rings (SSSR count). The summed E-state index contributed by atoms with van der Waals surface area (Å²) >= 11 is 1.40. The molecule has 17 heteroatoms. The Morgan fingerprint density at radius 1 is 1.14 bits per heavy atom. The van der Waals surface area contributed by atoms with Gasteiger partial charge >= 0.3 is 5.97 Å². The average molecular weight is 906 g/mol. The average Bonchev–Trinajstić information content (AvgIpc) is 3.96. The fraction of sp³-hybridized carbons (Fsp3) is 0.521. The third kappa shape index (κ3) is 8.89. The number of aryl methyl sites for hydroxylation is 1. The number of hydrazine groups is 1. The van der Waals surface area contributed by atoms with Crippen molar-refractivity contribution in [2.75, 3.05) is 46.4 Å². The summed E-state index contributed by atoms with van der Waals surface area (Å²) in [5.74, 6) is 2.87. The van der Waals surface area contributed by atoms with Crippen LogP contribution < -0.4 is 16.5 Å². The van der Waals surface area contributed by atoms with E-state index in [1.54, 1.807) is 18.2 Å². The molecule has 4 N–H and O–H groups in total. The van der Waals surface area contributed by atoms with E-state index in [-0.39, 0.29) is 56.5 Å². The van der Waals surface area contributed by atoms with E-state index in [4.69, 9.17) is 25.2 Å². The second-order valence-corrected chi connectivity index (χ2v) is 19.9. The van der Waals surface area contributed by atoms with Gasteiger partial charge in [-0.2, -0.15) is 0 Å². The standard InChI is InChI=1S/C48H59N9O7S/c1-28(2)41(56-20-16-48(46(56)62)25-55(26-48)39(58)13-8-17-49)43(59)52-35-22-38-51-36(24-65-38)30-14-15-37-32(21-30)33(42(54(37)6)31-11-9-18-50-40(31)29(3)63-7)23-47(4,5)27-64-45(61)34-12-10-19-57(53-34)44(35)60/h9,11,14-15,18,21,24,28-29,34-35,41,53H,10,12,16-17,19-20,22-23,25-27,49H2,1-7H3,(H,52,59)/t29-,34-,35-,41-/m0/s1. The zero-order valence-corrected chi connectivity index (χ0v) is 39.0. The number of benzene rings is 1. The maximum Gasteiger partial charge on any atom is 0.324 e. The molecule has 3 saturated heterocycles. The number of ether oxygens (including phenoxy) is 2. The number of amides is 4. The van der Waals surface area contributed by atoms with Crippen molar-refractivity contribution in [2.45, 2.75) is 91.0 Å². The molecule has 4 atom stereocenters. The van der Waals surface area contributed by atoms with Crippen LogP contribution in [0.2, 0.25) is 0 Å². The molecule has 7 heterocycles. The zero-order chi connectivity index (χ0) is 46.4. The van der Waals surface area contributed by atoms with Crippen LogP contribution >= 0.6 is 11.3 Å². The Labute approximate surface area is 383 Å². The largest absolute Gasteiger partial charge is 0.464 e. The number of nitrogens with one attached hydrogen (secondary N) is 2. The second kappa shape index (κ2) is 18.3. The number of likely N-dealkylation sites (tertiary alicyclic amines) is 2. The highest BCUT2D eigenvalue weighted by Crippen LogP contribution is 2.43. The summed E-state index contributed by atoms with van der Waals surface area (Å²) in [4.78, 5) is 82.6. The van der Waals surface area contributed by atoms with Crippen LogP contribution in [0, 0.1) is 28.6 Å². The number of hydrogen-bond acceptors (Lipinski definition) is 12. The van der Waals surface area contributed by atoms with Gasteiger partial charge in [0.2, 0.25) is 11.8 Å². The molecule has 16 nitrogen and oxygen atoms in total. The van der Waals surface area contributed by atoms with Gasteiger partial charge in [-0.05, 0) is 74.3 Å². The van der Waals surface area contributed by atoms with E-state index in [2.05, 4.69) is 66.2 Å². The number of aromatic nitrogens is 3. The summed E-state index contributed by atoms with van der Waals surface area (Å²) < 4.78 is 14.0. The van der Waals surface area contributed by atoms with Crippen LogP contribution in [0.1, 0.15) is 76.3 Å². The van der Waals surface area contributed by atoms with Gasteiger partial charge in [-0.3, -0.25) is 34.0 Å². The minimum absolute atomic E-state index is 0.0611. The molecular weight excluding hydrogens is 847 g/mol. The van der Waals surface area contributed by atoms with Gasteiger partial charge in [-0.1, -0.05) is 39.7 Å². The quantitative estimate of drug-likeness (QED) is 0.181. The first kappa shape index (κ1) is 45.9. The maximum atomic E-state index is 14.6. The number of nitrogens with zero attached hydrogens (tertiary/aromatic N) is 6. The van der Waals surface area contributed by atoms with Crippen LogP contribution in [0.25, 0.3) is 33.4 Å². The van der Waals surface area contributed by atoms with Crippen molar-refractivity contribution in [1.29, 1.82) is 0 Å². The van der Waals surface area contributed by atoms with Gasteiger partial charge in [0, 0.05) is 85.8 Å². The van der Waals surface area contributed by atoms with Crippen molar-refractivity contribution in [3.8, 4) is 34.4 Å². The maximum absolute atomic E-state index is 14.6. The van der Waals surface area contributed by atoms with Crippen molar-refractivity contribution in [3.63, 3.8) is 0 Å². The van der Waals surface area contributed by atoms with Gasteiger partial charge in [-0.15, -0.1) is 11.3 Å². The molecule has 4 aromatic rings. The molecule has 0 unspecified atom stereocenters. The van der Waals surface area contributed by atoms with E-state index < -0.39 is 46.7 Å². The summed E-state index contributed by atoms with van der Waals surface area (Å²) in [5.41, 5.74) is 13.8. The summed E-state index contributed by atoms with van der Waals surface area (Å²) in [7, 11) is 3.73. The number of fused-ring (bicyclic) bond motifs is 6. The molecule has 344 valence electrons. The lowest BCUT2D eigenvalue weighted by molar-refractivity contribution is -0.155. The SMILES string of the molecule is CO[C@@H](C)c1ncccc1-c1c2c3cc(ccc3n1C)-c1csc(n1)C[C@H](NC(=O)[C@H](C(C)C)N1CCC3(CN(C(=O)C#CCN)C3)C1=O)C(=O)N1CCC[C@H](N1)C(=O)OCC(C)(C)C2. The number of carbonyl (C=O) groups excluding carboxylic acids is 5. The van der Waals surface area contributed by atoms with Crippen LogP contribution in [0.5, 0.6) is 0 Å². The van der Waals surface area contributed by atoms with Crippen molar-refractivity contribution >= 4 is 51.8 Å². The van der Waals surface area contributed by atoms with Crippen LogP contribution in [-0.2, 0) is 53.3 Å². The molecule has 65 heavy (non-hydrogen) atoms. The molecule has 4 amide bonds. The predicted molar refractivity (Wildman–Crippen MR) is 245 cm³/mol. The Bertz CT molecular complexity index is 2580. The van der Waals surface area contributed by atoms with Crippen LogP contribution in [-0.4, -0.2) is 124 Å². The summed E-state index contributed by atoms with van der Waals surface area (Å²) in [6, 6.07) is 7.54. The number of esters is 1. The summed E-state index contributed by atoms with van der Waals surface area (Å²) in [6.07, 6.45) is 3.65. The Hall–Kier alpha value is -5.67. The van der Waals surface area contributed by atoms with Gasteiger partial charge < -0.3 is 34.9 Å². The lowest BCUT2D eigenvalue weighted by atomic mass is 9.78. The van der Waals surface area contributed by atoms with Crippen molar-refractivity contribution in [3.05, 3.63) is 58.2 Å². The number of nitrogens with two attached hydrogens (primary N) is 1. The van der Waals surface area contributed by atoms with Crippen molar-refractivity contribution < 1.29 is 33.4 Å². The molecule has 3 fully saturated rings. The van der Waals surface area contributed by atoms with Crippen LogP contribution in [0.3, 0.4) is 0 Å². The van der Waals surface area contributed by atoms with Gasteiger partial charge in [-0.25, -0.2) is 10.4 Å².